The van der Waals surface area contributed by atoms with Gasteiger partial charge >= 0.3 is 5.97 Å². The summed E-state index contributed by atoms with van der Waals surface area (Å²) in [6, 6.07) is 6.48. The van der Waals surface area contributed by atoms with Crippen LogP contribution in [-0.2, 0) is 16.0 Å². The number of esters is 1. The van der Waals surface area contributed by atoms with Gasteiger partial charge in [-0.05, 0) is 31.4 Å². The van der Waals surface area contributed by atoms with Crippen molar-refractivity contribution in [1.29, 1.82) is 0 Å². The molecule has 1 unspecified atom stereocenters. The molecule has 1 aromatic carbocycles. The fourth-order valence-electron chi connectivity index (χ4n) is 2.29. The molecule has 0 heterocycles. The zero-order chi connectivity index (χ0) is 14.3. The first-order valence-corrected chi connectivity index (χ1v) is 6.70. The maximum absolute atomic E-state index is 13.8. The Morgan fingerprint density at radius 1 is 1.37 bits per heavy atom. The summed E-state index contributed by atoms with van der Waals surface area (Å²) in [5, 5.41) is 0. The monoisotopic (exact) mass is 267 g/mol. The van der Waals surface area contributed by atoms with Crippen LogP contribution in [-0.4, -0.2) is 19.1 Å². The molecule has 0 saturated carbocycles. The van der Waals surface area contributed by atoms with Crippen molar-refractivity contribution in [3.63, 3.8) is 0 Å². The molecule has 2 N–H and O–H groups in total. The summed E-state index contributed by atoms with van der Waals surface area (Å²) < 4.78 is 18.9. The molecular weight excluding hydrogens is 245 g/mol. The van der Waals surface area contributed by atoms with Crippen LogP contribution in [0.2, 0.25) is 0 Å². The van der Waals surface area contributed by atoms with Crippen molar-refractivity contribution in [3.05, 3.63) is 35.6 Å². The number of carbonyl (C=O) groups excluding carboxylic acids is 1. The number of nitrogens with two attached hydrogens (primary N) is 1. The number of carbonyl (C=O) groups is 1. The topological polar surface area (TPSA) is 52.3 Å². The van der Waals surface area contributed by atoms with Gasteiger partial charge in [0.05, 0.1) is 12.0 Å². The van der Waals surface area contributed by atoms with Crippen molar-refractivity contribution >= 4 is 5.97 Å². The molecule has 0 amide bonds. The van der Waals surface area contributed by atoms with Gasteiger partial charge < -0.3 is 10.5 Å². The van der Waals surface area contributed by atoms with E-state index in [2.05, 4.69) is 0 Å². The molecular formula is C15H22FNO2. The fourth-order valence-corrected chi connectivity index (χ4v) is 2.29. The fraction of sp³-hybridized carbons (Fsp3) is 0.533. The predicted molar refractivity (Wildman–Crippen MR) is 73.1 cm³/mol. The molecule has 0 aliphatic carbocycles. The second-order valence-electron chi connectivity index (χ2n) is 4.72. The summed E-state index contributed by atoms with van der Waals surface area (Å²) in [6.07, 6.45) is 1.67. The molecule has 0 aromatic heterocycles. The van der Waals surface area contributed by atoms with Crippen molar-refractivity contribution in [2.45, 2.75) is 33.1 Å². The Hall–Kier alpha value is -1.42. The minimum atomic E-state index is -0.826. The molecule has 0 saturated heterocycles. The SMILES string of the molecule is CCCC(CN)(Cc1ccccc1F)C(=O)OCC. The van der Waals surface area contributed by atoms with E-state index in [9.17, 15) is 9.18 Å². The van der Waals surface area contributed by atoms with Gasteiger partial charge in [-0.2, -0.15) is 0 Å². The van der Waals surface area contributed by atoms with E-state index >= 15 is 0 Å². The zero-order valence-corrected chi connectivity index (χ0v) is 11.6. The molecule has 3 nitrogen and oxygen atoms in total. The average Bonchev–Trinajstić information content (AvgIpc) is 2.41. The molecule has 0 radical (unpaired) electrons. The Kier molecular flexibility index (Phi) is 5.96. The summed E-state index contributed by atoms with van der Waals surface area (Å²) in [6.45, 7) is 4.20. The van der Waals surface area contributed by atoms with Crippen LogP contribution in [0.4, 0.5) is 4.39 Å². The molecule has 0 aliphatic rings. The van der Waals surface area contributed by atoms with Crippen LogP contribution in [0.15, 0.2) is 24.3 Å². The molecule has 1 aromatic rings. The smallest absolute Gasteiger partial charge is 0.313 e. The van der Waals surface area contributed by atoms with Gasteiger partial charge in [0.15, 0.2) is 0 Å². The molecule has 0 bridgehead atoms. The second kappa shape index (κ2) is 7.24. The standard InChI is InChI=1S/C15H22FNO2/c1-3-9-15(11-17,14(18)19-4-2)10-12-7-5-6-8-13(12)16/h5-8H,3-4,9-11,17H2,1-2H3. The predicted octanol–water partition coefficient (Wildman–Crippen LogP) is 2.68. The summed E-state index contributed by atoms with van der Waals surface area (Å²) >= 11 is 0. The minimum absolute atomic E-state index is 0.161. The van der Waals surface area contributed by atoms with Crippen LogP contribution < -0.4 is 5.73 Å². The summed E-state index contributed by atoms with van der Waals surface area (Å²) in [7, 11) is 0. The number of rotatable bonds is 7. The first-order valence-electron chi connectivity index (χ1n) is 6.70. The van der Waals surface area contributed by atoms with E-state index in [4.69, 9.17) is 10.5 Å². The van der Waals surface area contributed by atoms with Gasteiger partial charge in [-0.1, -0.05) is 31.5 Å². The van der Waals surface area contributed by atoms with E-state index in [1.54, 1.807) is 25.1 Å². The van der Waals surface area contributed by atoms with Crippen molar-refractivity contribution in [2.24, 2.45) is 11.1 Å². The number of ether oxygens (including phenoxy) is 1. The molecule has 0 fully saturated rings. The van der Waals surface area contributed by atoms with Gasteiger partial charge in [0, 0.05) is 6.54 Å². The lowest BCUT2D eigenvalue weighted by Crippen LogP contribution is -2.42. The maximum atomic E-state index is 13.8. The Morgan fingerprint density at radius 3 is 2.58 bits per heavy atom. The van der Waals surface area contributed by atoms with E-state index in [-0.39, 0.29) is 24.8 Å². The third-order valence-electron chi connectivity index (χ3n) is 3.31. The van der Waals surface area contributed by atoms with Crippen LogP contribution in [0.25, 0.3) is 0 Å². The minimum Gasteiger partial charge on any atom is -0.466 e. The van der Waals surface area contributed by atoms with Crippen molar-refractivity contribution < 1.29 is 13.9 Å². The van der Waals surface area contributed by atoms with Crippen molar-refractivity contribution in [2.75, 3.05) is 13.2 Å². The van der Waals surface area contributed by atoms with Gasteiger partial charge in [0.25, 0.3) is 0 Å². The summed E-state index contributed by atoms with van der Waals surface area (Å²) in [5.41, 5.74) is 5.48. The number of halogens is 1. The quantitative estimate of drug-likeness (QED) is 0.773. The summed E-state index contributed by atoms with van der Waals surface area (Å²) in [5.74, 6) is -0.636. The van der Waals surface area contributed by atoms with E-state index in [1.165, 1.54) is 6.07 Å². The Balaban J connectivity index is 3.03. The van der Waals surface area contributed by atoms with Crippen molar-refractivity contribution in [3.8, 4) is 0 Å². The Labute approximate surface area is 113 Å². The zero-order valence-electron chi connectivity index (χ0n) is 11.6. The normalized spacial score (nSPS) is 13.9. The van der Waals surface area contributed by atoms with E-state index in [0.29, 0.717) is 18.6 Å². The molecule has 4 heteroatoms. The first-order chi connectivity index (χ1) is 9.09. The maximum Gasteiger partial charge on any atom is 0.313 e. The first kappa shape index (κ1) is 15.6. The molecule has 1 rings (SSSR count). The van der Waals surface area contributed by atoms with E-state index in [1.807, 2.05) is 6.92 Å². The van der Waals surface area contributed by atoms with Crippen LogP contribution in [0.1, 0.15) is 32.3 Å². The number of benzene rings is 1. The highest BCUT2D eigenvalue weighted by atomic mass is 19.1. The van der Waals surface area contributed by atoms with Crippen LogP contribution in [0, 0.1) is 11.2 Å². The second-order valence-corrected chi connectivity index (χ2v) is 4.72. The number of hydrogen-bond acceptors (Lipinski definition) is 3. The number of hydrogen-bond donors (Lipinski definition) is 1. The average molecular weight is 267 g/mol. The molecule has 0 aliphatic heterocycles. The molecule has 1 atom stereocenters. The molecule has 0 spiro atoms. The van der Waals surface area contributed by atoms with Gasteiger partial charge in [0.1, 0.15) is 5.82 Å². The Bertz CT molecular complexity index is 422. The molecule has 106 valence electrons. The third-order valence-corrected chi connectivity index (χ3v) is 3.31. The van der Waals surface area contributed by atoms with Crippen LogP contribution in [0.3, 0.4) is 0 Å². The third kappa shape index (κ3) is 3.77. The van der Waals surface area contributed by atoms with Gasteiger partial charge in [-0.15, -0.1) is 0 Å². The largest absolute Gasteiger partial charge is 0.466 e. The van der Waals surface area contributed by atoms with E-state index < -0.39 is 5.41 Å². The van der Waals surface area contributed by atoms with E-state index in [0.717, 1.165) is 6.42 Å². The Morgan fingerprint density at radius 2 is 2.05 bits per heavy atom. The highest BCUT2D eigenvalue weighted by molar-refractivity contribution is 5.77. The summed E-state index contributed by atoms with van der Waals surface area (Å²) in [4.78, 5) is 12.2. The van der Waals surface area contributed by atoms with Crippen LogP contribution in [0.5, 0.6) is 0 Å². The molecule has 19 heavy (non-hydrogen) atoms. The lowest BCUT2D eigenvalue weighted by atomic mass is 9.77. The van der Waals surface area contributed by atoms with Crippen molar-refractivity contribution in [1.82, 2.24) is 0 Å². The highest BCUT2D eigenvalue weighted by Crippen LogP contribution is 2.30. The van der Waals surface area contributed by atoms with Crippen LogP contribution >= 0.6 is 0 Å². The highest BCUT2D eigenvalue weighted by Gasteiger charge is 2.38. The lowest BCUT2D eigenvalue weighted by molar-refractivity contribution is -0.155. The lowest BCUT2D eigenvalue weighted by Gasteiger charge is -2.30. The van der Waals surface area contributed by atoms with Gasteiger partial charge in [-0.3, -0.25) is 4.79 Å². The van der Waals surface area contributed by atoms with Gasteiger partial charge in [-0.25, -0.2) is 4.39 Å². The van der Waals surface area contributed by atoms with Gasteiger partial charge in [0.2, 0.25) is 0 Å².